The second-order valence-electron chi connectivity index (χ2n) is 14.8. The molecule has 1 aliphatic heterocycles. The number of hydrogen-bond donors (Lipinski definition) is 5. The van der Waals surface area contributed by atoms with E-state index in [-0.39, 0.29) is 42.2 Å². The highest BCUT2D eigenvalue weighted by Crippen LogP contribution is 2.53. The number of aliphatic hydroxyl groups excluding tert-OH is 1. The number of aliphatic hydroxyl groups is 1. The number of allylic oxidation sites excluding steroid dienone is 2. The molecule has 52 heavy (non-hydrogen) atoms. The van der Waals surface area contributed by atoms with Crippen molar-refractivity contribution in [3.05, 3.63) is 94.5 Å². The number of H-pyrrole nitrogens is 1. The van der Waals surface area contributed by atoms with Gasteiger partial charge in [0.05, 0.1) is 6.04 Å². The van der Waals surface area contributed by atoms with Crippen LogP contribution in [0.3, 0.4) is 0 Å². The molecule has 3 aromatic rings. The maximum atomic E-state index is 12.3. The summed E-state index contributed by atoms with van der Waals surface area (Å²) in [6.07, 6.45) is 18.8. The highest BCUT2D eigenvalue weighted by atomic mass is 16.4. The molecule has 6 rings (SSSR count). The Morgan fingerprint density at radius 2 is 1.92 bits per heavy atom. The first-order valence-corrected chi connectivity index (χ1v) is 19.0. The number of unbranched alkanes of at least 4 members (excludes halogenated alkanes) is 2. The van der Waals surface area contributed by atoms with Crippen molar-refractivity contribution in [2.75, 3.05) is 13.2 Å². The molecule has 0 spiro atoms. The fourth-order valence-electron chi connectivity index (χ4n) is 8.91. The predicted octanol–water partition coefficient (Wildman–Crippen LogP) is 6.66. The van der Waals surface area contributed by atoms with Gasteiger partial charge in [-0.05, 0) is 108 Å². The molecule has 10 nitrogen and oxygen atoms in total. The number of aromatic nitrogens is 1. The van der Waals surface area contributed by atoms with Crippen molar-refractivity contribution in [1.82, 2.24) is 10.3 Å². The van der Waals surface area contributed by atoms with Gasteiger partial charge in [-0.3, -0.25) is 4.99 Å². The van der Waals surface area contributed by atoms with Crippen LogP contribution in [0.15, 0.2) is 77.5 Å². The molecule has 2 aliphatic carbocycles. The van der Waals surface area contributed by atoms with Crippen molar-refractivity contribution < 1.29 is 24.6 Å². The zero-order valence-electron chi connectivity index (χ0n) is 29.8. The fourth-order valence-corrected chi connectivity index (χ4v) is 8.91. The third-order valence-corrected chi connectivity index (χ3v) is 11.4. The lowest BCUT2D eigenvalue weighted by Gasteiger charge is -2.48. The van der Waals surface area contributed by atoms with Crippen LogP contribution in [-0.4, -0.2) is 64.9 Å². The minimum Gasteiger partial charge on any atom is -0.478 e. The summed E-state index contributed by atoms with van der Waals surface area (Å²) in [5, 5.41) is 30.0. The molecule has 1 aromatic heterocycles. The number of nitrogens with one attached hydrogen (secondary N) is 2. The number of nitrogens with two attached hydrogens (primary N) is 1. The lowest BCUT2D eigenvalue weighted by molar-refractivity contribution is -0.131. The lowest BCUT2D eigenvalue weighted by atomic mass is 9.58. The monoisotopic (exact) mass is 706 g/mol. The Hall–Kier alpha value is -4.70. The number of aliphatic imine (C=N–C) groups is 1. The van der Waals surface area contributed by atoms with Gasteiger partial charge in [0, 0.05) is 31.6 Å². The molecule has 2 bridgehead atoms. The first-order chi connectivity index (χ1) is 25.4. The van der Waals surface area contributed by atoms with Crippen LogP contribution in [0.4, 0.5) is 5.82 Å². The first kappa shape index (κ1) is 37.1. The average molecular weight is 707 g/mol. The number of aromatic amines is 1. The maximum absolute atomic E-state index is 12.3. The Morgan fingerprint density at radius 1 is 1.06 bits per heavy atom. The van der Waals surface area contributed by atoms with Crippen LogP contribution >= 0.6 is 0 Å². The summed E-state index contributed by atoms with van der Waals surface area (Å²) in [7, 11) is 0. The summed E-state index contributed by atoms with van der Waals surface area (Å²) in [6.45, 7) is 0.625. The molecule has 3 aliphatic rings. The van der Waals surface area contributed by atoms with E-state index < -0.39 is 12.0 Å². The van der Waals surface area contributed by atoms with Gasteiger partial charge in [-0.15, -0.1) is 0 Å². The SMILES string of the molecule is NC1=NCC[C@H](/C(=C\C(=O)O)[C@H](C[C@@H]2[C@@H]3c4cc5cc(CC=O)ccc5cc4C[C@H]2C=C[C@@H]3CCCCC[C@H](C=O)CCCO)[N-]c2ccc[nH]2)N1. The molecule has 0 radical (unpaired) electrons. The van der Waals surface area contributed by atoms with Gasteiger partial charge in [-0.2, -0.15) is 0 Å². The Morgan fingerprint density at radius 3 is 2.67 bits per heavy atom. The number of aliphatic carboxylic acids is 1. The maximum Gasteiger partial charge on any atom is 0.328 e. The van der Waals surface area contributed by atoms with E-state index in [1.165, 1.54) is 22.6 Å². The molecule has 0 saturated heterocycles. The van der Waals surface area contributed by atoms with Crippen molar-refractivity contribution in [1.29, 1.82) is 0 Å². The number of carbonyl (C=O) groups excluding carboxylic acids is 2. The third kappa shape index (κ3) is 9.02. The Kier molecular flexibility index (Phi) is 12.6. The number of guanidine groups is 1. The minimum atomic E-state index is -1.01. The number of carboxylic acids is 1. The van der Waals surface area contributed by atoms with Gasteiger partial charge in [0.25, 0.3) is 0 Å². The zero-order valence-corrected chi connectivity index (χ0v) is 29.8. The van der Waals surface area contributed by atoms with Crippen LogP contribution in [-0.2, 0) is 27.2 Å². The van der Waals surface area contributed by atoms with Gasteiger partial charge in [0.15, 0.2) is 5.96 Å². The fraction of sp³-hybridized carbons (Fsp3) is 0.476. The van der Waals surface area contributed by atoms with E-state index in [1.54, 1.807) is 0 Å². The number of aldehydes is 2. The Labute approximate surface area is 306 Å². The van der Waals surface area contributed by atoms with E-state index in [9.17, 15) is 24.6 Å². The molecule has 6 N–H and O–H groups in total. The lowest BCUT2D eigenvalue weighted by Crippen LogP contribution is -2.47. The first-order valence-electron chi connectivity index (χ1n) is 19.0. The summed E-state index contributed by atoms with van der Waals surface area (Å²) in [5.41, 5.74) is 10.5. The standard InChI is InChI=1S/C42H52N5O5/c43-42-45-17-14-37(47-42)36(25-40(51)52)38(46-39-9-4-16-44-39)24-35-31-13-12-29(8-3-1-2-6-28(26-50)7-5-18-48)41(35)34-23-32-20-27(15-19-49)10-11-30(32)21-33(34)22-31/h4,9-13,16,19-21,23,25-26,28-29,31,35,37-38,41,44,48H,1-3,5-8,14-15,17-18,22,24H2,(H,51,52)(H3,43,45,47)/q-1/b36-25+/t28-,29-,31+,35-,37+,38-,41-/m0/s1. The van der Waals surface area contributed by atoms with Crippen LogP contribution in [0.5, 0.6) is 0 Å². The van der Waals surface area contributed by atoms with Crippen molar-refractivity contribution in [3.63, 3.8) is 0 Å². The zero-order chi connectivity index (χ0) is 36.5. The summed E-state index contributed by atoms with van der Waals surface area (Å²) in [5.74, 6) is 0.944. The highest BCUT2D eigenvalue weighted by molar-refractivity contribution is 5.86. The second-order valence-corrected chi connectivity index (χ2v) is 14.8. The summed E-state index contributed by atoms with van der Waals surface area (Å²) in [4.78, 5) is 42.8. The molecule has 10 heteroatoms. The van der Waals surface area contributed by atoms with Gasteiger partial charge in [-0.25, -0.2) is 4.79 Å². The van der Waals surface area contributed by atoms with Gasteiger partial charge in [0.2, 0.25) is 0 Å². The van der Waals surface area contributed by atoms with Gasteiger partial charge in [-0.1, -0.05) is 85.9 Å². The van der Waals surface area contributed by atoms with E-state index in [0.717, 1.165) is 68.5 Å². The highest BCUT2D eigenvalue weighted by Gasteiger charge is 2.43. The predicted molar refractivity (Wildman–Crippen MR) is 205 cm³/mol. The van der Waals surface area contributed by atoms with E-state index in [2.05, 4.69) is 51.7 Å². The quantitative estimate of drug-likeness (QED) is 0.0402. The van der Waals surface area contributed by atoms with Gasteiger partial charge < -0.3 is 41.2 Å². The molecule has 2 aromatic carbocycles. The normalized spacial score (nSPS) is 23.6. The van der Waals surface area contributed by atoms with Crippen LogP contribution in [0.1, 0.15) is 80.4 Å². The second kappa shape index (κ2) is 17.7. The van der Waals surface area contributed by atoms with E-state index in [4.69, 9.17) is 11.1 Å². The van der Waals surface area contributed by atoms with Crippen molar-refractivity contribution in [2.24, 2.45) is 34.4 Å². The topological polar surface area (TPSA) is 172 Å². The van der Waals surface area contributed by atoms with Crippen LogP contribution < -0.4 is 11.1 Å². The molecular formula is C42H52N5O5-. The molecule has 0 amide bonds. The van der Waals surface area contributed by atoms with Crippen molar-refractivity contribution in [2.45, 2.75) is 88.6 Å². The van der Waals surface area contributed by atoms with Gasteiger partial charge in [0.1, 0.15) is 12.6 Å². The number of carbonyl (C=O) groups is 3. The molecule has 0 saturated carbocycles. The van der Waals surface area contributed by atoms with E-state index in [0.29, 0.717) is 49.6 Å². The molecule has 2 heterocycles. The molecule has 276 valence electrons. The average Bonchev–Trinajstić information content (AvgIpc) is 3.65. The Bertz CT molecular complexity index is 1780. The van der Waals surface area contributed by atoms with Crippen molar-refractivity contribution in [3.8, 4) is 0 Å². The molecule has 7 atom stereocenters. The van der Waals surface area contributed by atoms with Crippen LogP contribution in [0.25, 0.3) is 16.1 Å². The Balaban J connectivity index is 1.33. The number of rotatable bonds is 19. The van der Waals surface area contributed by atoms with E-state index in [1.807, 2.05) is 24.4 Å². The summed E-state index contributed by atoms with van der Waals surface area (Å²) in [6, 6.07) is 14.1. The molecule has 0 fully saturated rings. The summed E-state index contributed by atoms with van der Waals surface area (Å²) < 4.78 is 0. The van der Waals surface area contributed by atoms with Crippen LogP contribution in [0.2, 0.25) is 0 Å². The summed E-state index contributed by atoms with van der Waals surface area (Å²) >= 11 is 0. The third-order valence-electron chi connectivity index (χ3n) is 11.4. The molecular weight excluding hydrogens is 654 g/mol. The smallest absolute Gasteiger partial charge is 0.328 e. The number of nitrogens with zero attached hydrogens (tertiary/aromatic N) is 2. The van der Waals surface area contributed by atoms with Crippen LogP contribution in [0, 0.1) is 23.7 Å². The number of hydrogen-bond acceptors (Lipinski definition) is 7. The minimum absolute atomic E-state index is 0.00292. The molecule has 0 unspecified atom stereocenters. The van der Waals surface area contributed by atoms with E-state index >= 15 is 0 Å². The largest absolute Gasteiger partial charge is 0.478 e. The number of carboxylic acid groups (broad SMARTS) is 1. The van der Waals surface area contributed by atoms with Gasteiger partial charge >= 0.3 is 5.97 Å². The number of benzene rings is 2. The van der Waals surface area contributed by atoms with Crippen molar-refractivity contribution >= 4 is 41.1 Å². The number of fused-ring (bicyclic) bond motifs is 5.